The summed E-state index contributed by atoms with van der Waals surface area (Å²) < 4.78 is 6.51. The fourth-order valence-corrected chi connectivity index (χ4v) is 4.03. The number of fused-ring (bicyclic) bond motifs is 1. The summed E-state index contributed by atoms with van der Waals surface area (Å²) in [5.41, 5.74) is 1.50. The summed E-state index contributed by atoms with van der Waals surface area (Å²) in [6, 6.07) is 8.63. The highest BCUT2D eigenvalue weighted by molar-refractivity contribution is 5.39. The van der Waals surface area contributed by atoms with Crippen molar-refractivity contribution in [1.82, 2.24) is 4.90 Å². The van der Waals surface area contributed by atoms with Crippen LogP contribution in [0.4, 0.5) is 0 Å². The second kappa shape index (κ2) is 5.77. The molecule has 1 aromatic rings. The van der Waals surface area contributed by atoms with Gasteiger partial charge < -0.3 is 9.64 Å². The molecule has 1 aliphatic carbocycles. The Morgan fingerprint density at radius 2 is 2.00 bits per heavy atom. The Bertz CT molecular complexity index is 427. The third-order valence-corrected chi connectivity index (χ3v) is 5.30. The normalized spacial score (nSPS) is 28.6. The van der Waals surface area contributed by atoms with Crippen LogP contribution in [0, 0.1) is 5.92 Å². The van der Waals surface area contributed by atoms with Crippen molar-refractivity contribution in [2.75, 3.05) is 19.6 Å². The molecular formula is C18H27NO. The lowest BCUT2D eigenvalue weighted by atomic mass is 9.73. The molecule has 1 heterocycles. The molecule has 0 bridgehead atoms. The molecule has 0 radical (unpaired) electrons. The molecule has 110 valence electrons. The molecule has 0 amide bonds. The smallest absolute Gasteiger partial charge is 0.123 e. The SMILES string of the molecule is CCN(CC)C[C@@H]1CCCC[C@]12Cc1ccccc1O2. The molecule has 1 fully saturated rings. The Kier molecular flexibility index (Phi) is 4.02. The molecule has 1 aliphatic heterocycles. The van der Waals surface area contributed by atoms with Gasteiger partial charge in [-0.2, -0.15) is 0 Å². The molecule has 2 aliphatic rings. The Morgan fingerprint density at radius 1 is 1.20 bits per heavy atom. The van der Waals surface area contributed by atoms with E-state index in [1.54, 1.807) is 0 Å². The number of benzene rings is 1. The van der Waals surface area contributed by atoms with E-state index in [1.165, 1.54) is 37.8 Å². The molecule has 20 heavy (non-hydrogen) atoms. The van der Waals surface area contributed by atoms with E-state index < -0.39 is 0 Å². The van der Waals surface area contributed by atoms with Crippen molar-refractivity contribution in [2.45, 2.75) is 51.6 Å². The van der Waals surface area contributed by atoms with Crippen LogP contribution >= 0.6 is 0 Å². The van der Waals surface area contributed by atoms with Crippen molar-refractivity contribution >= 4 is 0 Å². The summed E-state index contributed by atoms with van der Waals surface area (Å²) in [4.78, 5) is 2.56. The lowest BCUT2D eigenvalue weighted by Gasteiger charge is -2.42. The molecule has 0 aromatic heterocycles. The molecule has 0 saturated heterocycles. The average Bonchev–Trinajstić information content (AvgIpc) is 2.85. The summed E-state index contributed by atoms with van der Waals surface area (Å²) in [6.45, 7) is 8.03. The van der Waals surface area contributed by atoms with E-state index in [0.717, 1.165) is 25.3 Å². The van der Waals surface area contributed by atoms with Crippen LogP contribution in [-0.4, -0.2) is 30.1 Å². The van der Waals surface area contributed by atoms with Gasteiger partial charge in [-0.15, -0.1) is 0 Å². The number of para-hydroxylation sites is 1. The highest BCUT2D eigenvalue weighted by Gasteiger charge is 2.47. The first-order valence-electron chi connectivity index (χ1n) is 8.26. The van der Waals surface area contributed by atoms with Crippen LogP contribution in [0.2, 0.25) is 0 Å². The predicted molar refractivity (Wildman–Crippen MR) is 83.3 cm³/mol. The average molecular weight is 273 g/mol. The fourth-order valence-electron chi connectivity index (χ4n) is 4.03. The molecule has 2 nitrogen and oxygen atoms in total. The largest absolute Gasteiger partial charge is 0.486 e. The lowest BCUT2D eigenvalue weighted by molar-refractivity contribution is -0.0192. The third kappa shape index (κ3) is 2.46. The maximum absolute atomic E-state index is 6.51. The van der Waals surface area contributed by atoms with Gasteiger partial charge in [-0.05, 0) is 44.0 Å². The minimum Gasteiger partial charge on any atom is -0.486 e. The van der Waals surface area contributed by atoms with Crippen LogP contribution in [0.5, 0.6) is 5.75 Å². The van der Waals surface area contributed by atoms with E-state index in [2.05, 4.69) is 43.0 Å². The van der Waals surface area contributed by atoms with Crippen LogP contribution in [0.15, 0.2) is 24.3 Å². The quantitative estimate of drug-likeness (QED) is 0.825. The van der Waals surface area contributed by atoms with Gasteiger partial charge in [0.25, 0.3) is 0 Å². The molecule has 0 N–H and O–H groups in total. The van der Waals surface area contributed by atoms with Crippen molar-refractivity contribution in [3.63, 3.8) is 0 Å². The summed E-state index contributed by atoms with van der Waals surface area (Å²) >= 11 is 0. The zero-order valence-electron chi connectivity index (χ0n) is 12.9. The Hall–Kier alpha value is -1.02. The molecule has 1 saturated carbocycles. The zero-order valence-corrected chi connectivity index (χ0v) is 12.9. The highest BCUT2D eigenvalue weighted by Crippen LogP contribution is 2.46. The van der Waals surface area contributed by atoms with Gasteiger partial charge in [0.2, 0.25) is 0 Å². The van der Waals surface area contributed by atoms with Crippen LogP contribution in [0.3, 0.4) is 0 Å². The first kappa shape index (κ1) is 13.9. The summed E-state index contributed by atoms with van der Waals surface area (Å²) in [5, 5.41) is 0. The van der Waals surface area contributed by atoms with Crippen LogP contribution in [-0.2, 0) is 6.42 Å². The Labute approximate surface area is 123 Å². The van der Waals surface area contributed by atoms with Gasteiger partial charge >= 0.3 is 0 Å². The highest BCUT2D eigenvalue weighted by atomic mass is 16.5. The van der Waals surface area contributed by atoms with Crippen molar-refractivity contribution in [3.8, 4) is 5.75 Å². The molecule has 2 heteroatoms. The summed E-state index contributed by atoms with van der Waals surface area (Å²) in [6.07, 6.45) is 6.36. The van der Waals surface area contributed by atoms with Crippen molar-refractivity contribution in [1.29, 1.82) is 0 Å². The van der Waals surface area contributed by atoms with Gasteiger partial charge in [0.15, 0.2) is 0 Å². The van der Waals surface area contributed by atoms with E-state index in [4.69, 9.17) is 4.74 Å². The third-order valence-electron chi connectivity index (χ3n) is 5.30. The Balaban J connectivity index is 1.80. The first-order chi connectivity index (χ1) is 9.77. The van der Waals surface area contributed by atoms with E-state index in [-0.39, 0.29) is 5.60 Å². The van der Waals surface area contributed by atoms with Gasteiger partial charge in [-0.1, -0.05) is 38.5 Å². The summed E-state index contributed by atoms with van der Waals surface area (Å²) in [7, 11) is 0. The fraction of sp³-hybridized carbons (Fsp3) is 0.667. The van der Waals surface area contributed by atoms with Crippen LogP contribution in [0.1, 0.15) is 45.1 Å². The molecule has 2 atom stereocenters. The number of nitrogens with zero attached hydrogens (tertiary/aromatic N) is 1. The van der Waals surface area contributed by atoms with Gasteiger partial charge in [-0.25, -0.2) is 0 Å². The van der Waals surface area contributed by atoms with Gasteiger partial charge in [0, 0.05) is 18.9 Å². The van der Waals surface area contributed by atoms with Crippen molar-refractivity contribution in [2.24, 2.45) is 5.92 Å². The molecule has 1 spiro atoms. The molecular weight excluding hydrogens is 246 g/mol. The maximum Gasteiger partial charge on any atom is 0.123 e. The minimum atomic E-state index is 0.0878. The second-order valence-electron chi connectivity index (χ2n) is 6.38. The standard InChI is InChI=1S/C18H27NO/c1-3-19(4-2)14-16-10-7-8-12-18(16)13-15-9-5-6-11-17(15)20-18/h5-6,9,11,16H,3-4,7-8,10,12-14H2,1-2H3/t16-,18-/m0/s1. The Morgan fingerprint density at radius 3 is 2.75 bits per heavy atom. The maximum atomic E-state index is 6.51. The second-order valence-corrected chi connectivity index (χ2v) is 6.38. The number of rotatable bonds is 4. The first-order valence-corrected chi connectivity index (χ1v) is 8.26. The number of hydrogen-bond donors (Lipinski definition) is 0. The zero-order chi connectivity index (χ0) is 14.0. The predicted octanol–water partition coefficient (Wildman–Crippen LogP) is 3.89. The van der Waals surface area contributed by atoms with E-state index in [9.17, 15) is 0 Å². The summed E-state index contributed by atoms with van der Waals surface area (Å²) in [5.74, 6) is 1.82. The van der Waals surface area contributed by atoms with E-state index >= 15 is 0 Å². The van der Waals surface area contributed by atoms with Gasteiger partial charge in [-0.3, -0.25) is 0 Å². The van der Waals surface area contributed by atoms with Gasteiger partial charge in [0.1, 0.15) is 11.4 Å². The minimum absolute atomic E-state index is 0.0878. The van der Waals surface area contributed by atoms with E-state index in [1.807, 2.05) is 0 Å². The van der Waals surface area contributed by atoms with Gasteiger partial charge in [0.05, 0.1) is 0 Å². The number of ether oxygens (including phenoxy) is 1. The van der Waals surface area contributed by atoms with Crippen LogP contribution < -0.4 is 4.74 Å². The van der Waals surface area contributed by atoms with Crippen molar-refractivity contribution < 1.29 is 4.74 Å². The molecule has 1 aromatic carbocycles. The topological polar surface area (TPSA) is 12.5 Å². The van der Waals surface area contributed by atoms with Crippen molar-refractivity contribution in [3.05, 3.63) is 29.8 Å². The number of hydrogen-bond acceptors (Lipinski definition) is 2. The molecule has 3 rings (SSSR count). The van der Waals surface area contributed by atoms with E-state index in [0.29, 0.717) is 5.92 Å². The lowest BCUT2D eigenvalue weighted by Crippen LogP contribution is -2.49. The molecule has 0 unspecified atom stereocenters. The monoisotopic (exact) mass is 273 g/mol. The van der Waals surface area contributed by atoms with Crippen LogP contribution in [0.25, 0.3) is 0 Å².